The summed E-state index contributed by atoms with van der Waals surface area (Å²) in [7, 11) is 0. The van der Waals surface area contributed by atoms with Gasteiger partial charge in [0.2, 0.25) is 23.6 Å². The number of thioether (sulfide) groups is 1. The van der Waals surface area contributed by atoms with Crippen molar-refractivity contribution in [2.75, 3.05) is 18.6 Å². The number of hydrogen-bond acceptors (Lipinski definition) is 7. The zero-order valence-electron chi connectivity index (χ0n) is 20.6. The van der Waals surface area contributed by atoms with Gasteiger partial charge in [-0.1, -0.05) is 13.8 Å². The average molecular weight is 502 g/mol. The fourth-order valence-electron chi connectivity index (χ4n) is 3.67. The van der Waals surface area contributed by atoms with Gasteiger partial charge in [-0.25, -0.2) is 4.79 Å². The monoisotopic (exact) mass is 501 g/mol. The maximum atomic E-state index is 12.9. The summed E-state index contributed by atoms with van der Waals surface area (Å²) in [5.41, 5.74) is 5.84. The molecule has 5 atom stereocenters. The molecular formula is C22H39N5O6S. The van der Waals surface area contributed by atoms with Gasteiger partial charge in [-0.05, 0) is 57.5 Å². The number of hydrogen-bond donors (Lipinski definition) is 5. The number of likely N-dealkylation sites (tertiary alicyclic amines) is 1. The highest BCUT2D eigenvalue weighted by Crippen LogP contribution is 2.18. The van der Waals surface area contributed by atoms with Crippen LogP contribution in [0.2, 0.25) is 0 Å². The third kappa shape index (κ3) is 9.13. The summed E-state index contributed by atoms with van der Waals surface area (Å²) < 4.78 is 0. The van der Waals surface area contributed by atoms with E-state index in [1.807, 2.05) is 20.1 Å². The Labute approximate surface area is 205 Å². The summed E-state index contributed by atoms with van der Waals surface area (Å²) in [5, 5.41) is 17.1. The fraction of sp³-hybridized carbons (Fsp3) is 0.773. The highest BCUT2D eigenvalue weighted by atomic mass is 32.2. The Morgan fingerprint density at radius 2 is 1.62 bits per heavy atom. The predicted molar refractivity (Wildman–Crippen MR) is 130 cm³/mol. The molecule has 1 heterocycles. The highest BCUT2D eigenvalue weighted by Gasteiger charge is 2.37. The molecule has 0 saturated carbocycles. The summed E-state index contributed by atoms with van der Waals surface area (Å²) in [6, 6.07) is -4.42. The second-order valence-corrected chi connectivity index (χ2v) is 10.1. The van der Waals surface area contributed by atoms with Crippen molar-refractivity contribution < 1.29 is 29.1 Å². The van der Waals surface area contributed by atoms with Gasteiger partial charge in [-0.2, -0.15) is 11.8 Å². The molecule has 34 heavy (non-hydrogen) atoms. The Hall–Kier alpha value is -2.34. The number of nitrogens with two attached hydrogens (primary N) is 1. The van der Waals surface area contributed by atoms with Crippen LogP contribution in [0.1, 0.15) is 53.4 Å². The quantitative estimate of drug-likeness (QED) is 0.229. The molecule has 0 aromatic carbocycles. The standard InChI is InChI=1S/C22H39N5O6S/c1-12(2)11-16(26-18(28)13(3)24-19(29)15(23)8-10-34-5)20(30)25-14(4)21(31)27-9-6-7-17(27)22(32)33/h12-17H,6-11,23H2,1-5H3,(H,24,29)(H,25,30)(H,26,28)(H,32,33)/t13-,14-,15-,16-,17-/m0/s1. The van der Waals surface area contributed by atoms with Crippen LogP contribution in [0, 0.1) is 5.92 Å². The van der Waals surface area contributed by atoms with Crippen molar-refractivity contribution >= 4 is 41.4 Å². The summed E-state index contributed by atoms with van der Waals surface area (Å²) in [4.78, 5) is 63.1. The van der Waals surface area contributed by atoms with E-state index in [2.05, 4.69) is 16.0 Å². The minimum atomic E-state index is -1.07. The van der Waals surface area contributed by atoms with Crippen molar-refractivity contribution in [1.82, 2.24) is 20.9 Å². The zero-order valence-corrected chi connectivity index (χ0v) is 21.4. The summed E-state index contributed by atoms with van der Waals surface area (Å²) in [6.07, 6.45) is 3.65. The van der Waals surface area contributed by atoms with Gasteiger partial charge >= 0.3 is 5.97 Å². The molecule has 1 saturated heterocycles. The van der Waals surface area contributed by atoms with E-state index in [0.717, 1.165) is 0 Å². The number of carbonyl (C=O) groups excluding carboxylic acids is 4. The normalized spacial score (nSPS) is 19.1. The third-order valence-corrected chi connectivity index (χ3v) is 6.26. The van der Waals surface area contributed by atoms with Gasteiger partial charge in [0.05, 0.1) is 6.04 Å². The summed E-state index contributed by atoms with van der Waals surface area (Å²) in [6.45, 7) is 7.09. The molecule has 0 aromatic rings. The Morgan fingerprint density at radius 3 is 2.18 bits per heavy atom. The second-order valence-electron chi connectivity index (χ2n) is 9.07. The Bertz CT molecular complexity index is 749. The number of rotatable bonds is 13. The van der Waals surface area contributed by atoms with Crippen molar-refractivity contribution in [2.24, 2.45) is 11.7 Å². The van der Waals surface area contributed by atoms with E-state index in [0.29, 0.717) is 38.0 Å². The molecule has 0 unspecified atom stereocenters. The van der Waals surface area contributed by atoms with Crippen LogP contribution in [0.5, 0.6) is 0 Å². The second kappa shape index (κ2) is 14.1. The van der Waals surface area contributed by atoms with Crippen molar-refractivity contribution in [3.63, 3.8) is 0 Å². The van der Waals surface area contributed by atoms with Gasteiger partial charge in [0, 0.05) is 6.54 Å². The first-order valence-corrected chi connectivity index (χ1v) is 13.0. The number of carboxylic acids is 1. The van der Waals surface area contributed by atoms with Gasteiger partial charge < -0.3 is 31.7 Å². The van der Waals surface area contributed by atoms with E-state index >= 15 is 0 Å². The molecule has 1 fully saturated rings. The Kier molecular flexibility index (Phi) is 12.4. The first-order chi connectivity index (χ1) is 15.9. The van der Waals surface area contributed by atoms with Crippen LogP contribution in [0.3, 0.4) is 0 Å². The van der Waals surface area contributed by atoms with E-state index < -0.39 is 59.8 Å². The Morgan fingerprint density at radius 1 is 1.00 bits per heavy atom. The van der Waals surface area contributed by atoms with Crippen molar-refractivity contribution in [3.8, 4) is 0 Å². The molecule has 0 aliphatic carbocycles. The van der Waals surface area contributed by atoms with Gasteiger partial charge in [0.25, 0.3) is 0 Å². The lowest BCUT2D eigenvalue weighted by Crippen LogP contribution is -2.57. The van der Waals surface area contributed by atoms with Gasteiger partial charge in [0.1, 0.15) is 24.2 Å². The SMILES string of the molecule is CSCC[C@H](N)C(=O)N[C@@H](C)C(=O)N[C@@H](CC(C)C)C(=O)N[C@@H](C)C(=O)N1CCC[C@H]1C(=O)O. The van der Waals surface area contributed by atoms with Crippen LogP contribution in [0.15, 0.2) is 0 Å². The minimum Gasteiger partial charge on any atom is -0.480 e. The van der Waals surface area contributed by atoms with Crippen LogP contribution in [-0.2, 0) is 24.0 Å². The van der Waals surface area contributed by atoms with Crippen molar-refractivity contribution in [3.05, 3.63) is 0 Å². The lowest BCUT2D eigenvalue weighted by atomic mass is 10.0. The first-order valence-electron chi connectivity index (χ1n) is 11.6. The molecule has 0 radical (unpaired) electrons. The van der Waals surface area contributed by atoms with Crippen LogP contribution in [-0.4, -0.2) is 88.4 Å². The number of nitrogens with zero attached hydrogens (tertiary/aromatic N) is 1. The summed E-state index contributed by atoms with van der Waals surface area (Å²) >= 11 is 1.57. The molecule has 0 spiro atoms. The maximum Gasteiger partial charge on any atom is 0.326 e. The number of amides is 4. The average Bonchev–Trinajstić information content (AvgIpc) is 3.25. The minimum absolute atomic E-state index is 0.0573. The van der Waals surface area contributed by atoms with Crippen LogP contribution >= 0.6 is 11.8 Å². The molecule has 6 N–H and O–H groups in total. The van der Waals surface area contributed by atoms with E-state index in [1.165, 1.54) is 18.7 Å². The van der Waals surface area contributed by atoms with Crippen LogP contribution in [0.25, 0.3) is 0 Å². The molecule has 12 heteroatoms. The van der Waals surface area contributed by atoms with E-state index in [-0.39, 0.29) is 5.92 Å². The highest BCUT2D eigenvalue weighted by molar-refractivity contribution is 7.98. The van der Waals surface area contributed by atoms with Gasteiger partial charge in [-0.15, -0.1) is 0 Å². The predicted octanol–water partition coefficient (Wildman–Crippen LogP) is -0.317. The largest absolute Gasteiger partial charge is 0.480 e. The fourth-order valence-corrected chi connectivity index (χ4v) is 4.16. The molecule has 11 nitrogen and oxygen atoms in total. The molecular weight excluding hydrogens is 462 g/mol. The number of carbonyl (C=O) groups is 5. The number of nitrogens with one attached hydrogen (secondary N) is 3. The van der Waals surface area contributed by atoms with E-state index in [4.69, 9.17) is 5.73 Å². The molecule has 1 aliphatic heterocycles. The van der Waals surface area contributed by atoms with Crippen molar-refractivity contribution in [1.29, 1.82) is 0 Å². The molecule has 1 aliphatic rings. The van der Waals surface area contributed by atoms with E-state index in [1.54, 1.807) is 11.8 Å². The van der Waals surface area contributed by atoms with Gasteiger partial charge in [-0.3, -0.25) is 19.2 Å². The topological polar surface area (TPSA) is 171 Å². The summed E-state index contributed by atoms with van der Waals surface area (Å²) in [5.74, 6) is -2.32. The van der Waals surface area contributed by atoms with Gasteiger partial charge in [0.15, 0.2) is 0 Å². The molecule has 194 valence electrons. The smallest absolute Gasteiger partial charge is 0.326 e. The van der Waals surface area contributed by atoms with Crippen LogP contribution < -0.4 is 21.7 Å². The lowest BCUT2D eigenvalue weighted by Gasteiger charge is -2.27. The number of aliphatic carboxylic acids is 1. The zero-order chi connectivity index (χ0) is 26.0. The van der Waals surface area contributed by atoms with Crippen LogP contribution in [0.4, 0.5) is 0 Å². The molecule has 0 aromatic heterocycles. The maximum absolute atomic E-state index is 12.9. The van der Waals surface area contributed by atoms with E-state index in [9.17, 15) is 29.1 Å². The third-order valence-electron chi connectivity index (χ3n) is 5.61. The Balaban J connectivity index is 2.75. The molecule has 1 rings (SSSR count). The first kappa shape index (κ1) is 29.7. The van der Waals surface area contributed by atoms with Crippen molar-refractivity contribution in [2.45, 2.75) is 83.6 Å². The molecule has 0 bridgehead atoms. The lowest BCUT2D eigenvalue weighted by molar-refractivity contribution is -0.149. The molecule has 4 amide bonds. The number of carboxylic acid groups (broad SMARTS) is 1.